The lowest BCUT2D eigenvalue weighted by Gasteiger charge is -1.95. The maximum Gasteiger partial charge on any atom is 0.288 e. The summed E-state index contributed by atoms with van der Waals surface area (Å²) in [6.07, 6.45) is 0. The fraction of sp³-hybridized carbons (Fsp3) is 0.167. The lowest BCUT2D eigenvalue weighted by atomic mass is 10.1. The molecule has 1 amide bonds. The van der Waals surface area contributed by atoms with Gasteiger partial charge in [0.15, 0.2) is 0 Å². The summed E-state index contributed by atoms with van der Waals surface area (Å²) < 4.78 is 0. The molecule has 0 aromatic heterocycles. The molecule has 1 aromatic carbocycles. The minimum atomic E-state index is -0.627. The molecule has 0 fully saturated rings. The molecular formula is C12H9N3O3. The lowest BCUT2D eigenvalue weighted by molar-refractivity contribution is -0.385. The Hall–Kier alpha value is -2.86. The number of nitrogens with zero attached hydrogens (tertiary/aromatic N) is 2. The molecule has 0 spiro atoms. The third kappa shape index (κ3) is 3.62. The van der Waals surface area contributed by atoms with Crippen LogP contribution in [0.3, 0.4) is 0 Å². The van der Waals surface area contributed by atoms with Crippen LogP contribution in [0.5, 0.6) is 0 Å². The zero-order valence-electron chi connectivity index (χ0n) is 9.56. The van der Waals surface area contributed by atoms with Crippen molar-refractivity contribution in [2.45, 2.75) is 6.92 Å². The van der Waals surface area contributed by atoms with Crippen LogP contribution in [0, 0.1) is 33.3 Å². The van der Waals surface area contributed by atoms with Crippen LogP contribution in [0.25, 0.3) is 0 Å². The Balaban J connectivity index is 2.92. The van der Waals surface area contributed by atoms with E-state index in [0.29, 0.717) is 5.56 Å². The summed E-state index contributed by atoms with van der Waals surface area (Å²) in [6, 6.07) is 5.84. The number of rotatable bonds is 2. The number of hydrogen-bond acceptors (Lipinski definition) is 4. The summed E-state index contributed by atoms with van der Waals surface area (Å²) in [7, 11) is 0. The third-order valence-electron chi connectivity index (χ3n) is 1.97. The second kappa shape index (κ2) is 6.02. The molecule has 0 aliphatic rings. The molecule has 0 saturated carbocycles. The van der Waals surface area contributed by atoms with E-state index >= 15 is 0 Å². The molecule has 6 heteroatoms. The van der Waals surface area contributed by atoms with Gasteiger partial charge in [-0.05, 0) is 12.1 Å². The highest BCUT2D eigenvalue weighted by Gasteiger charge is 2.13. The second-order valence-corrected chi connectivity index (χ2v) is 3.31. The van der Waals surface area contributed by atoms with Crippen molar-refractivity contribution in [3.63, 3.8) is 0 Å². The first-order chi connectivity index (χ1) is 8.54. The predicted molar refractivity (Wildman–Crippen MR) is 63.4 cm³/mol. The van der Waals surface area contributed by atoms with Crippen LogP contribution in [0.2, 0.25) is 0 Å². The van der Waals surface area contributed by atoms with Crippen molar-refractivity contribution >= 4 is 11.6 Å². The minimum absolute atomic E-state index is 0.00703. The first-order valence-electron chi connectivity index (χ1n) is 4.96. The van der Waals surface area contributed by atoms with Gasteiger partial charge >= 0.3 is 0 Å². The average molecular weight is 243 g/mol. The Labute approximate surface area is 103 Å². The van der Waals surface area contributed by atoms with Gasteiger partial charge in [-0.1, -0.05) is 11.8 Å². The van der Waals surface area contributed by atoms with Gasteiger partial charge in [0.1, 0.15) is 11.6 Å². The largest absolute Gasteiger partial charge is 0.345 e. The molecule has 0 heterocycles. The average Bonchev–Trinajstić information content (AvgIpc) is 2.34. The fourth-order valence-electron chi connectivity index (χ4n) is 1.17. The molecule has 0 saturated heterocycles. The summed E-state index contributed by atoms with van der Waals surface area (Å²) in [4.78, 5) is 20.7. The van der Waals surface area contributed by atoms with E-state index in [1.54, 1.807) is 6.07 Å². The number of carbonyl (C=O) groups excluding carboxylic acids is 1. The van der Waals surface area contributed by atoms with Crippen molar-refractivity contribution in [2.75, 3.05) is 6.54 Å². The smallest absolute Gasteiger partial charge is 0.288 e. The third-order valence-corrected chi connectivity index (χ3v) is 1.97. The maximum absolute atomic E-state index is 10.7. The minimum Gasteiger partial charge on any atom is -0.345 e. The highest BCUT2D eigenvalue weighted by Crippen LogP contribution is 2.18. The van der Waals surface area contributed by atoms with Crippen LogP contribution in [0.4, 0.5) is 5.69 Å². The van der Waals surface area contributed by atoms with E-state index < -0.39 is 4.92 Å². The Kier molecular flexibility index (Phi) is 4.42. The van der Waals surface area contributed by atoms with Crippen molar-refractivity contribution in [3.05, 3.63) is 39.4 Å². The molecule has 90 valence electrons. The predicted octanol–water partition coefficient (Wildman–Crippen LogP) is 0.954. The van der Waals surface area contributed by atoms with Crippen LogP contribution in [-0.4, -0.2) is 17.4 Å². The van der Waals surface area contributed by atoms with Crippen LogP contribution in [0.15, 0.2) is 18.2 Å². The summed E-state index contributed by atoms with van der Waals surface area (Å²) in [5.41, 5.74) is 0.141. The first-order valence-corrected chi connectivity index (χ1v) is 4.96. The van der Waals surface area contributed by atoms with Gasteiger partial charge in [0.05, 0.1) is 11.5 Å². The summed E-state index contributed by atoms with van der Waals surface area (Å²) in [5.74, 6) is 5.12. The molecule has 1 aromatic rings. The Morgan fingerprint density at radius 3 is 2.83 bits per heavy atom. The summed E-state index contributed by atoms with van der Waals surface area (Å²) in [6.45, 7) is 1.54. The van der Waals surface area contributed by atoms with E-state index in [4.69, 9.17) is 5.26 Å². The number of nitriles is 1. The van der Waals surface area contributed by atoms with E-state index in [1.165, 1.54) is 25.1 Å². The molecule has 18 heavy (non-hydrogen) atoms. The monoisotopic (exact) mass is 243 g/mol. The normalized spacial score (nSPS) is 8.67. The van der Waals surface area contributed by atoms with Gasteiger partial charge < -0.3 is 5.32 Å². The van der Waals surface area contributed by atoms with Crippen LogP contribution in [0.1, 0.15) is 18.1 Å². The number of hydrogen-bond donors (Lipinski definition) is 1. The number of nitro benzene ring substituents is 1. The number of carbonyl (C=O) groups is 1. The van der Waals surface area contributed by atoms with Gasteiger partial charge in [0.2, 0.25) is 5.91 Å². The Morgan fingerprint density at radius 1 is 1.56 bits per heavy atom. The van der Waals surface area contributed by atoms with E-state index in [0.717, 1.165) is 0 Å². The number of benzene rings is 1. The Morgan fingerprint density at radius 2 is 2.28 bits per heavy atom. The van der Waals surface area contributed by atoms with Gasteiger partial charge in [0, 0.05) is 18.6 Å². The molecule has 0 bridgehead atoms. The molecule has 0 radical (unpaired) electrons. The molecule has 0 aliphatic carbocycles. The van der Waals surface area contributed by atoms with Gasteiger partial charge in [-0.2, -0.15) is 5.26 Å². The van der Waals surface area contributed by atoms with E-state index in [9.17, 15) is 14.9 Å². The summed E-state index contributed by atoms with van der Waals surface area (Å²) >= 11 is 0. The van der Waals surface area contributed by atoms with E-state index in [1.807, 2.05) is 0 Å². The molecule has 1 N–H and O–H groups in total. The van der Waals surface area contributed by atoms with Crippen molar-refractivity contribution in [3.8, 4) is 17.9 Å². The molecule has 6 nitrogen and oxygen atoms in total. The highest BCUT2D eigenvalue weighted by molar-refractivity contribution is 5.73. The maximum atomic E-state index is 10.7. The van der Waals surface area contributed by atoms with Crippen LogP contribution in [-0.2, 0) is 4.79 Å². The molecule has 0 atom stereocenters. The zero-order valence-corrected chi connectivity index (χ0v) is 9.56. The van der Waals surface area contributed by atoms with Gasteiger partial charge in [0.25, 0.3) is 5.69 Å². The lowest BCUT2D eigenvalue weighted by Crippen LogP contribution is -2.19. The molecule has 0 aliphatic heterocycles. The topological polar surface area (TPSA) is 96.0 Å². The van der Waals surface area contributed by atoms with Crippen LogP contribution >= 0.6 is 0 Å². The molecule has 1 rings (SSSR count). The molecular weight excluding hydrogens is 234 g/mol. The van der Waals surface area contributed by atoms with Crippen molar-refractivity contribution in [1.82, 2.24) is 5.32 Å². The zero-order chi connectivity index (χ0) is 13.5. The van der Waals surface area contributed by atoms with Crippen molar-refractivity contribution < 1.29 is 9.72 Å². The first kappa shape index (κ1) is 13.2. The quantitative estimate of drug-likeness (QED) is 0.475. The standard InChI is InChI=1S/C12H9N3O3/c1-9(16)14-6-2-3-10-4-5-11(8-13)12(7-10)15(17)18/h4-5,7H,6H2,1H3,(H,14,16). The van der Waals surface area contributed by atoms with E-state index in [2.05, 4.69) is 17.2 Å². The van der Waals surface area contributed by atoms with Crippen molar-refractivity contribution in [1.29, 1.82) is 5.26 Å². The van der Waals surface area contributed by atoms with Gasteiger partial charge in [-0.15, -0.1) is 0 Å². The van der Waals surface area contributed by atoms with Gasteiger partial charge in [-0.3, -0.25) is 14.9 Å². The second-order valence-electron chi connectivity index (χ2n) is 3.31. The Bertz CT molecular complexity index is 591. The van der Waals surface area contributed by atoms with Crippen LogP contribution < -0.4 is 5.32 Å². The SMILES string of the molecule is CC(=O)NCC#Cc1ccc(C#N)c([N+](=O)[O-])c1. The molecule has 0 unspecified atom stereocenters. The summed E-state index contributed by atoms with van der Waals surface area (Å²) in [5, 5.41) is 21.9. The van der Waals surface area contributed by atoms with E-state index in [-0.39, 0.29) is 23.7 Å². The highest BCUT2D eigenvalue weighted by atomic mass is 16.6. The van der Waals surface area contributed by atoms with Crippen molar-refractivity contribution in [2.24, 2.45) is 0 Å². The number of nitrogens with one attached hydrogen (secondary N) is 1. The van der Waals surface area contributed by atoms with Gasteiger partial charge in [-0.25, -0.2) is 0 Å². The number of nitro groups is 1. The fourth-order valence-corrected chi connectivity index (χ4v) is 1.17. The number of amides is 1.